The van der Waals surface area contributed by atoms with E-state index in [4.69, 9.17) is 4.74 Å². The Kier molecular flexibility index (Phi) is 9.18. The maximum Gasteiger partial charge on any atom is 0.416 e. The van der Waals surface area contributed by atoms with E-state index in [1.165, 1.54) is 35.9 Å². The van der Waals surface area contributed by atoms with Gasteiger partial charge in [-0.3, -0.25) is 14.6 Å². The van der Waals surface area contributed by atoms with Crippen molar-refractivity contribution in [3.8, 4) is 5.88 Å². The molecule has 5 rings (SSSR count). The van der Waals surface area contributed by atoms with E-state index in [0.717, 1.165) is 51.4 Å². The van der Waals surface area contributed by atoms with Crippen LogP contribution in [0.5, 0.6) is 5.88 Å². The van der Waals surface area contributed by atoms with Crippen molar-refractivity contribution >= 4 is 29.0 Å². The van der Waals surface area contributed by atoms with Gasteiger partial charge in [0.2, 0.25) is 5.88 Å². The van der Waals surface area contributed by atoms with Crippen LogP contribution in [0.15, 0.2) is 48.1 Å². The fourth-order valence-corrected chi connectivity index (χ4v) is 5.76. The van der Waals surface area contributed by atoms with Crippen LogP contribution in [0, 0.1) is 6.92 Å². The summed E-state index contributed by atoms with van der Waals surface area (Å²) in [6, 6.07) is 11.1. The molecule has 2 saturated heterocycles. The smallest absolute Gasteiger partial charge is 0.391 e. The molecule has 1 aromatic carbocycles. The van der Waals surface area contributed by atoms with Gasteiger partial charge in [-0.25, -0.2) is 14.8 Å². The van der Waals surface area contributed by atoms with Gasteiger partial charge in [-0.05, 0) is 63.0 Å². The van der Waals surface area contributed by atoms with Crippen molar-refractivity contribution in [3.05, 3.63) is 69.8 Å². The van der Waals surface area contributed by atoms with Crippen molar-refractivity contribution < 1.29 is 14.3 Å². The molecule has 206 valence electrons. The van der Waals surface area contributed by atoms with Crippen molar-refractivity contribution in [1.29, 1.82) is 0 Å². The zero-order chi connectivity index (χ0) is 27.0. The second-order valence-electron chi connectivity index (χ2n) is 10.2. The molecule has 2 aliphatic rings. The Bertz CT molecular complexity index is 1230. The van der Waals surface area contributed by atoms with Crippen molar-refractivity contribution in [2.24, 2.45) is 0 Å². The van der Waals surface area contributed by atoms with Crippen molar-refractivity contribution in [3.63, 3.8) is 0 Å². The first-order valence-electron chi connectivity index (χ1n) is 13.7. The summed E-state index contributed by atoms with van der Waals surface area (Å²) in [5.74, 6) is 0.0117. The Labute approximate surface area is 233 Å². The summed E-state index contributed by atoms with van der Waals surface area (Å²) in [4.78, 5) is 41.7. The highest BCUT2D eigenvalue weighted by atomic mass is 32.1. The number of hydrogen-bond acceptors (Lipinski definition) is 8. The third kappa shape index (κ3) is 7.62. The van der Waals surface area contributed by atoms with Gasteiger partial charge in [0, 0.05) is 55.8 Å². The van der Waals surface area contributed by atoms with Crippen molar-refractivity contribution in [2.45, 2.75) is 39.2 Å². The molecule has 2 amide bonds. The van der Waals surface area contributed by atoms with Crippen LogP contribution in [0.2, 0.25) is 0 Å². The number of nitrogens with one attached hydrogen (secondary N) is 1. The number of thiazole rings is 1. The predicted molar refractivity (Wildman–Crippen MR) is 152 cm³/mol. The molecule has 0 atom stereocenters. The van der Waals surface area contributed by atoms with Crippen LogP contribution in [0.25, 0.3) is 0 Å². The fourth-order valence-electron chi connectivity index (χ4n) is 4.99. The van der Waals surface area contributed by atoms with Crippen LogP contribution < -0.4 is 10.1 Å². The van der Waals surface area contributed by atoms with E-state index in [9.17, 15) is 9.59 Å². The molecule has 2 fully saturated rings. The van der Waals surface area contributed by atoms with Gasteiger partial charge in [0.15, 0.2) is 0 Å². The highest BCUT2D eigenvalue weighted by Gasteiger charge is 2.23. The molecule has 9 nitrogen and oxygen atoms in total. The number of piperazine rings is 1. The molecule has 0 bridgehead atoms. The van der Waals surface area contributed by atoms with Gasteiger partial charge in [-0.15, -0.1) is 11.3 Å². The number of ether oxygens (including phenoxy) is 1. The molecule has 39 heavy (non-hydrogen) atoms. The molecule has 10 heteroatoms. The SMILES string of the molecule is Cc1ncsc1CCN1CCN(C(=O)Oc2ccc(NC(=O)c3ccc(CN4CCCCC4)cc3)cn2)CC1. The summed E-state index contributed by atoms with van der Waals surface area (Å²) >= 11 is 1.70. The second-order valence-corrected chi connectivity index (χ2v) is 11.1. The van der Waals surface area contributed by atoms with Gasteiger partial charge in [-0.1, -0.05) is 18.6 Å². The Morgan fingerprint density at radius 1 is 0.923 bits per heavy atom. The first-order chi connectivity index (χ1) is 19.0. The maximum atomic E-state index is 12.7. The molecular formula is C29H36N6O3S. The average Bonchev–Trinajstić information content (AvgIpc) is 3.38. The summed E-state index contributed by atoms with van der Waals surface area (Å²) in [7, 11) is 0. The first kappa shape index (κ1) is 27.2. The van der Waals surface area contributed by atoms with Crippen LogP contribution in [0.4, 0.5) is 10.5 Å². The molecule has 0 radical (unpaired) electrons. The number of piperidine rings is 1. The van der Waals surface area contributed by atoms with Crippen molar-refractivity contribution in [2.75, 3.05) is 51.1 Å². The number of rotatable bonds is 8. The standard InChI is InChI=1S/C29H36N6O3S/c1-22-26(39-21-31-22)11-14-33-15-17-35(18-16-33)29(37)38-27-10-9-25(19-30-27)32-28(36)24-7-5-23(6-8-24)20-34-12-3-2-4-13-34/h5-10,19,21H,2-4,11-18,20H2,1H3,(H,32,36). The summed E-state index contributed by atoms with van der Waals surface area (Å²) in [5, 5.41) is 2.86. The largest absolute Gasteiger partial charge is 0.416 e. The average molecular weight is 549 g/mol. The van der Waals surface area contributed by atoms with E-state index < -0.39 is 6.09 Å². The molecule has 2 aliphatic heterocycles. The summed E-state index contributed by atoms with van der Waals surface area (Å²) in [6.45, 7) is 9.07. The number of carbonyl (C=O) groups is 2. The molecule has 0 saturated carbocycles. The number of carbonyl (C=O) groups excluding carboxylic acids is 2. The Balaban J connectivity index is 1.04. The lowest BCUT2D eigenvalue weighted by molar-refractivity contribution is 0.102. The second kappa shape index (κ2) is 13.1. The Morgan fingerprint density at radius 3 is 2.36 bits per heavy atom. The summed E-state index contributed by atoms with van der Waals surface area (Å²) in [6.07, 6.45) is 5.93. The zero-order valence-corrected chi connectivity index (χ0v) is 23.3. The maximum absolute atomic E-state index is 12.7. The number of nitrogens with zero attached hydrogens (tertiary/aromatic N) is 5. The van der Waals surface area contributed by atoms with Gasteiger partial charge < -0.3 is 15.0 Å². The highest BCUT2D eigenvalue weighted by Crippen LogP contribution is 2.17. The zero-order valence-electron chi connectivity index (χ0n) is 22.5. The minimum atomic E-state index is -0.401. The van der Waals surface area contributed by atoms with Crippen LogP contribution in [-0.2, 0) is 13.0 Å². The fraction of sp³-hybridized carbons (Fsp3) is 0.448. The van der Waals surface area contributed by atoms with E-state index in [2.05, 4.69) is 25.1 Å². The number of anilines is 1. The third-order valence-electron chi connectivity index (χ3n) is 7.39. The van der Waals surface area contributed by atoms with Gasteiger partial charge in [0.1, 0.15) is 0 Å². The predicted octanol–water partition coefficient (Wildman–Crippen LogP) is 4.44. The Hall–Kier alpha value is -3.34. The van der Waals surface area contributed by atoms with E-state index in [0.29, 0.717) is 24.3 Å². The Morgan fingerprint density at radius 2 is 1.69 bits per heavy atom. The topological polar surface area (TPSA) is 90.9 Å². The van der Waals surface area contributed by atoms with Crippen LogP contribution >= 0.6 is 11.3 Å². The van der Waals surface area contributed by atoms with E-state index >= 15 is 0 Å². The molecule has 1 N–H and O–H groups in total. The van der Waals surface area contributed by atoms with Gasteiger partial charge in [-0.2, -0.15) is 0 Å². The van der Waals surface area contributed by atoms with Gasteiger partial charge in [0.25, 0.3) is 5.91 Å². The quantitative estimate of drug-likeness (QED) is 0.445. The molecule has 4 heterocycles. The molecule has 0 unspecified atom stereocenters. The molecular weight excluding hydrogens is 512 g/mol. The lowest BCUT2D eigenvalue weighted by atomic mass is 10.1. The van der Waals surface area contributed by atoms with Gasteiger partial charge >= 0.3 is 6.09 Å². The number of benzene rings is 1. The normalized spacial score (nSPS) is 16.7. The minimum absolute atomic E-state index is 0.200. The summed E-state index contributed by atoms with van der Waals surface area (Å²) < 4.78 is 5.48. The van der Waals surface area contributed by atoms with E-state index in [1.54, 1.807) is 28.4 Å². The van der Waals surface area contributed by atoms with E-state index in [-0.39, 0.29) is 11.8 Å². The lowest BCUT2D eigenvalue weighted by Gasteiger charge is -2.33. The van der Waals surface area contributed by atoms with Crippen LogP contribution in [-0.4, -0.2) is 82.5 Å². The monoisotopic (exact) mass is 548 g/mol. The number of hydrogen-bond donors (Lipinski definition) is 1. The third-order valence-corrected chi connectivity index (χ3v) is 8.38. The molecule has 2 aromatic heterocycles. The minimum Gasteiger partial charge on any atom is -0.391 e. The number of likely N-dealkylation sites (tertiary alicyclic amines) is 1. The number of aryl methyl sites for hydroxylation is 1. The molecule has 0 aliphatic carbocycles. The lowest BCUT2D eigenvalue weighted by Crippen LogP contribution is -2.49. The number of pyridine rings is 1. The van der Waals surface area contributed by atoms with E-state index in [1.807, 2.05) is 36.7 Å². The van der Waals surface area contributed by atoms with Crippen molar-refractivity contribution in [1.82, 2.24) is 24.7 Å². The van der Waals surface area contributed by atoms with Crippen LogP contribution in [0.1, 0.15) is 45.8 Å². The first-order valence-corrected chi connectivity index (χ1v) is 14.6. The molecule has 3 aromatic rings. The summed E-state index contributed by atoms with van der Waals surface area (Å²) in [5.41, 5.74) is 5.35. The molecule has 0 spiro atoms. The van der Waals surface area contributed by atoms with Crippen LogP contribution in [0.3, 0.4) is 0 Å². The number of aromatic nitrogens is 2. The highest BCUT2D eigenvalue weighted by molar-refractivity contribution is 7.09. The number of amides is 2. The van der Waals surface area contributed by atoms with Gasteiger partial charge in [0.05, 0.1) is 23.1 Å².